The van der Waals surface area contributed by atoms with Gasteiger partial charge < -0.3 is 4.74 Å². The van der Waals surface area contributed by atoms with E-state index in [-0.39, 0.29) is 11.8 Å². The normalized spacial score (nSPS) is 10.1. The van der Waals surface area contributed by atoms with Crippen molar-refractivity contribution in [3.05, 3.63) is 35.4 Å². The summed E-state index contributed by atoms with van der Waals surface area (Å²) in [5, 5.41) is 14.8. The van der Waals surface area contributed by atoms with Crippen molar-refractivity contribution in [2.24, 2.45) is 0 Å². The van der Waals surface area contributed by atoms with Crippen LogP contribution in [0.2, 0.25) is 0 Å². The third-order valence-electron chi connectivity index (χ3n) is 2.07. The third-order valence-corrected chi connectivity index (χ3v) is 2.07. The molecule has 0 saturated heterocycles. The first-order valence-electron chi connectivity index (χ1n) is 4.92. The maximum absolute atomic E-state index is 7.63. The lowest BCUT2D eigenvalue weighted by molar-refractivity contribution is 0.532. The van der Waals surface area contributed by atoms with E-state index in [9.17, 15) is 0 Å². The molecule has 0 bridgehead atoms. The molecule has 0 fully saturated rings. The van der Waals surface area contributed by atoms with Gasteiger partial charge in [-0.2, -0.15) is 0 Å². The van der Waals surface area contributed by atoms with E-state index < -0.39 is 0 Å². The number of ether oxygens (including phenoxy) is 1. The largest absolute Gasteiger partial charge is 0.426 e. The van der Waals surface area contributed by atoms with Crippen molar-refractivity contribution in [3.63, 3.8) is 0 Å². The summed E-state index contributed by atoms with van der Waals surface area (Å²) in [6.07, 6.45) is 0. The Morgan fingerprint density at radius 1 is 1.27 bits per heavy atom. The van der Waals surface area contributed by atoms with Gasteiger partial charge in [-0.15, -0.1) is 0 Å². The molecule has 1 aromatic carbocycles. The fourth-order valence-corrected chi connectivity index (χ4v) is 1.25. The Morgan fingerprint density at radius 2 is 1.93 bits per heavy atom. The first-order chi connectivity index (χ1) is 7.00. The van der Waals surface area contributed by atoms with E-state index in [0.717, 1.165) is 0 Å². The minimum absolute atomic E-state index is 0.0324. The van der Waals surface area contributed by atoms with Crippen LogP contribution in [0, 0.1) is 10.8 Å². The van der Waals surface area contributed by atoms with E-state index in [0.29, 0.717) is 11.5 Å². The molecule has 0 aliphatic heterocycles. The van der Waals surface area contributed by atoms with Gasteiger partial charge in [-0.3, -0.25) is 10.8 Å². The van der Waals surface area contributed by atoms with Gasteiger partial charge in [0.1, 0.15) is 0 Å². The van der Waals surface area contributed by atoms with Crippen LogP contribution in [0.3, 0.4) is 0 Å². The Balaban J connectivity index is 2.90. The molecule has 0 unspecified atom stereocenters. The second-order valence-electron chi connectivity index (χ2n) is 3.77. The minimum Gasteiger partial charge on any atom is -0.426 e. The predicted molar refractivity (Wildman–Crippen MR) is 61.8 cm³/mol. The van der Waals surface area contributed by atoms with Gasteiger partial charge >= 0.3 is 0 Å². The molecule has 0 saturated carbocycles. The summed E-state index contributed by atoms with van der Waals surface area (Å²) in [7, 11) is 0. The van der Waals surface area contributed by atoms with Crippen LogP contribution in [0.5, 0.6) is 0 Å². The Bertz CT molecular complexity index is 383. The van der Waals surface area contributed by atoms with Crippen molar-refractivity contribution >= 4 is 11.8 Å². The maximum Gasteiger partial charge on any atom is 0.220 e. The Hall–Kier alpha value is -1.64. The van der Waals surface area contributed by atoms with Crippen molar-refractivity contribution < 1.29 is 4.74 Å². The molecule has 0 aliphatic rings. The van der Waals surface area contributed by atoms with Crippen LogP contribution in [-0.2, 0) is 4.74 Å². The van der Waals surface area contributed by atoms with Crippen LogP contribution in [-0.4, -0.2) is 11.8 Å². The maximum atomic E-state index is 7.63. The van der Waals surface area contributed by atoms with Crippen LogP contribution >= 0.6 is 0 Å². The van der Waals surface area contributed by atoms with Gasteiger partial charge in [0.15, 0.2) is 5.90 Å². The lowest BCUT2D eigenvalue weighted by Gasteiger charge is -2.09. The molecular weight excluding hydrogens is 188 g/mol. The lowest BCUT2D eigenvalue weighted by atomic mass is 10.0. The van der Waals surface area contributed by atoms with Crippen LogP contribution in [0.4, 0.5) is 0 Å². The van der Waals surface area contributed by atoms with E-state index in [2.05, 4.69) is 13.8 Å². The molecule has 1 rings (SSSR count). The van der Waals surface area contributed by atoms with Gasteiger partial charge in [0.05, 0.1) is 0 Å². The lowest BCUT2D eigenvalue weighted by Crippen LogP contribution is -2.09. The van der Waals surface area contributed by atoms with E-state index in [1.165, 1.54) is 12.5 Å². The second kappa shape index (κ2) is 4.73. The molecule has 0 radical (unpaired) electrons. The van der Waals surface area contributed by atoms with Gasteiger partial charge in [-0.1, -0.05) is 26.0 Å². The zero-order valence-electron chi connectivity index (χ0n) is 9.29. The Kier molecular flexibility index (Phi) is 3.61. The topological polar surface area (TPSA) is 56.9 Å². The summed E-state index contributed by atoms with van der Waals surface area (Å²) in [6, 6.07) is 7.67. The third kappa shape index (κ3) is 3.20. The molecule has 0 aromatic heterocycles. The average Bonchev–Trinajstić information content (AvgIpc) is 2.17. The van der Waals surface area contributed by atoms with Gasteiger partial charge in [-0.25, -0.2) is 0 Å². The first-order valence-corrected chi connectivity index (χ1v) is 4.92. The van der Waals surface area contributed by atoms with Crippen molar-refractivity contribution in [3.8, 4) is 0 Å². The van der Waals surface area contributed by atoms with Crippen molar-refractivity contribution in [2.75, 3.05) is 0 Å². The Morgan fingerprint density at radius 3 is 2.47 bits per heavy atom. The molecule has 80 valence electrons. The quantitative estimate of drug-likeness (QED) is 0.564. The number of hydrogen-bond acceptors (Lipinski definition) is 3. The van der Waals surface area contributed by atoms with Crippen LogP contribution in [0.25, 0.3) is 0 Å². The van der Waals surface area contributed by atoms with Crippen molar-refractivity contribution in [2.45, 2.75) is 26.7 Å². The zero-order valence-corrected chi connectivity index (χ0v) is 9.29. The zero-order chi connectivity index (χ0) is 11.4. The molecule has 15 heavy (non-hydrogen) atoms. The van der Waals surface area contributed by atoms with Gasteiger partial charge in [0, 0.05) is 12.5 Å². The first kappa shape index (κ1) is 11.4. The van der Waals surface area contributed by atoms with Gasteiger partial charge in [0.2, 0.25) is 5.90 Å². The number of rotatable bonds is 2. The average molecular weight is 204 g/mol. The molecular formula is C12H16N2O. The van der Waals surface area contributed by atoms with E-state index in [1.807, 2.05) is 24.3 Å². The van der Waals surface area contributed by atoms with Crippen LogP contribution in [0.1, 0.15) is 37.8 Å². The summed E-state index contributed by atoms with van der Waals surface area (Å²) in [5.41, 5.74) is 1.89. The summed E-state index contributed by atoms with van der Waals surface area (Å²) in [5.74, 6) is 0.499. The predicted octanol–water partition coefficient (Wildman–Crippen LogP) is 3.15. The molecule has 0 atom stereocenters. The highest BCUT2D eigenvalue weighted by atomic mass is 16.5. The second-order valence-corrected chi connectivity index (χ2v) is 3.77. The van der Waals surface area contributed by atoms with Crippen LogP contribution < -0.4 is 0 Å². The van der Waals surface area contributed by atoms with Crippen LogP contribution in [0.15, 0.2) is 24.3 Å². The fourth-order valence-electron chi connectivity index (χ4n) is 1.25. The molecule has 1 aromatic rings. The molecule has 3 heteroatoms. The molecule has 0 spiro atoms. The van der Waals surface area contributed by atoms with Gasteiger partial charge in [0.25, 0.3) is 0 Å². The number of hydrogen-bond donors (Lipinski definition) is 2. The van der Waals surface area contributed by atoms with E-state index >= 15 is 0 Å². The van der Waals surface area contributed by atoms with E-state index in [1.54, 1.807) is 0 Å². The Labute approximate surface area is 90.1 Å². The minimum atomic E-state index is 0.0324. The summed E-state index contributed by atoms with van der Waals surface area (Å²) < 4.78 is 4.94. The molecule has 3 nitrogen and oxygen atoms in total. The van der Waals surface area contributed by atoms with Crippen molar-refractivity contribution in [1.29, 1.82) is 10.8 Å². The molecule has 0 amide bonds. The van der Waals surface area contributed by atoms with E-state index in [4.69, 9.17) is 15.6 Å². The summed E-state index contributed by atoms with van der Waals surface area (Å²) in [4.78, 5) is 0. The highest BCUT2D eigenvalue weighted by Gasteiger charge is 2.06. The number of benzene rings is 1. The number of nitrogens with one attached hydrogen (secondary N) is 2. The molecule has 0 heterocycles. The smallest absolute Gasteiger partial charge is 0.220 e. The fraction of sp³-hybridized carbons (Fsp3) is 0.333. The summed E-state index contributed by atoms with van der Waals surface area (Å²) in [6.45, 7) is 5.72. The standard InChI is InChI=1S/C12H16N2O/c1-8(2)10-5-4-6-11(7-10)12(14)15-9(3)13/h4-8,13-14H,1-3H3. The highest BCUT2D eigenvalue weighted by Crippen LogP contribution is 2.16. The molecule has 0 aliphatic carbocycles. The highest BCUT2D eigenvalue weighted by molar-refractivity contribution is 5.98. The van der Waals surface area contributed by atoms with Gasteiger partial charge in [-0.05, 0) is 23.6 Å². The monoisotopic (exact) mass is 204 g/mol. The SMILES string of the molecule is CC(=N)OC(=N)c1cccc(C(C)C)c1. The molecule has 2 N–H and O–H groups in total. The summed E-state index contributed by atoms with van der Waals surface area (Å²) >= 11 is 0. The van der Waals surface area contributed by atoms with Crippen molar-refractivity contribution in [1.82, 2.24) is 0 Å².